The summed E-state index contributed by atoms with van der Waals surface area (Å²) in [6.45, 7) is 6.10. The third kappa shape index (κ3) is 4.60. The highest BCUT2D eigenvalue weighted by Gasteiger charge is 2.14. The average molecular weight is 364 g/mol. The highest BCUT2D eigenvalue weighted by Crippen LogP contribution is 2.25. The van der Waals surface area contributed by atoms with Gasteiger partial charge in [-0.2, -0.15) is 0 Å². The molecular formula is C21H24N4O2. The predicted molar refractivity (Wildman–Crippen MR) is 108 cm³/mol. The number of rotatable bonds is 9. The van der Waals surface area contributed by atoms with Gasteiger partial charge in [-0.25, -0.2) is 9.97 Å². The van der Waals surface area contributed by atoms with Crippen LogP contribution in [0.2, 0.25) is 0 Å². The summed E-state index contributed by atoms with van der Waals surface area (Å²) in [4.78, 5) is 13.1. The molecule has 0 bridgehead atoms. The normalized spacial score (nSPS) is 11.9. The number of hydrogen-bond acceptors (Lipinski definition) is 6. The smallest absolute Gasteiger partial charge is 0.180 e. The van der Waals surface area contributed by atoms with Crippen molar-refractivity contribution in [3.05, 3.63) is 60.8 Å². The molecule has 2 aromatic heterocycles. The lowest BCUT2D eigenvalue weighted by Gasteiger charge is -2.18. The quantitative estimate of drug-likeness (QED) is 0.601. The first-order chi connectivity index (χ1) is 13.2. The molecule has 3 aromatic rings. The van der Waals surface area contributed by atoms with Gasteiger partial charge in [-0.1, -0.05) is 44.2 Å². The van der Waals surface area contributed by atoms with Gasteiger partial charge in [0.2, 0.25) is 0 Å². The van der Waals surface area contributed by atoms with Gasteiger partial charge in [-0.05, 0) is 23.9 Å². The number of benzene rings is 1. The highest BCUT2D eigenvalue weighted by molar-refractivity contribution is 5.84. The van der Waals surface area contributed by atoms with Crippen LogP contribution in [0, 0.1) is 0 Å². The number of aliphatic hydroxyl groups excluding tert-OH is 1. The van der Waals surface area contributed by atoms with Crippen LogP contribution >= 0.6 is 0 Å². The van der Waals surface area contributed by atoms with Gasteiger partial charge in [0.25, 0.3) is 0 Å². The molecule has 0 aliphatic rings. The van der Waals surface area contributed by atoms with E-state index in [1.54, 1.807) is 18.5 Å². The molecule has 0 spiro atoms. The lowest BCUT2D eigenvalue weighted by molar-refractivity contribution is 0.266. The highest BCUT2D eigenvalue weighted by atomic mass is 16.5. The number of nitrogens with one attached hydrogen (secondary N) is 1. The summed E-state index contributed by atoms with van der Waals surface area (Å²) in [7, 11) is 0. The number of ether oxygens (including phenoxy) is 1. The molecule has 1 atom stereocenters. The van der Waals surface area contributed by atoms with Crippen molar-refractivity contribution in [2.24, 2.45) is 0 Å². The third-order valence-electron chi connectivity index (χ3n) is 4.28. The monoisotopic (exact) mass is 364 g/mol. The molecule has 140 valence electrons. The van der Waals surface area contributed by atoms with E-state index in [0.717, 1.165) is 29.3 Å². The molecule has 0 unspecified atom stereocenters. The molecule has 2 N–H and O–H groups in total. The van der Waals surface area contributed by atoms with Gasteiger partial charge >= 0.3 is 0 Å². The van der Waals surface area contributed by atoms with Crippen molar-refractivity contribution in [2.45, 2.75) is 32.4 Å². The SMILES string of the molecule is C=Cc1ncc(OCc2nccc3ccccc23)c(N[C@H](CO)CCC)n1. The third-order valence-corrected chi connectivity index (χ3v) is 4.28. The Labute approximate surface area is 159 Å². The van der Waals surface area contributed by atoms with Crippen LogP contribution in [-0.4, -0.2) is 32.7 Å². The van der Waals surface area contributed by atoms with E-state index in [4.69, 9.17) is 4.74 Å². The molecule has 6 nitrogen and oxygen atoms in total. The molecule has 0 radical (unpaired) electrons. The zero-order valence-electron chi connectivity index (χ0n) is 15.4. The van der Waals surface area contributed by atoms with Crippen molar-refractivity contribution in [1.29, 1.82) is 0 Å². The molecule has 0 aliphatic heterocycles. The lowest BCUT2D eigenvalue weighted by atomic mass is 10.1. The average Bonchev–Trinajstić information content (AvgIpc) is 2.72. The fourth-order valence-corrected chi connectivity index (χ4v) is 2.89. The Morgan fingerprint density at radius 1 is 1.26 bits per heavy atom. The largest absolute Gasteiger partial charge is 0.482 e. The summed E-state index contributed by atoms with van der Waals surface area (Å²) in [5.41, 5.74) is 0.846. The van der Waals surface area contributed by atoms with Gasteiger partial charge in [-0.3, -0.25) is 4.98 Å². The minimum atomic E-state index is -0.0967. The summed E-state index contributed by atoms with van der Waals surface area (Å²) in [6, 6.07) is 9.94. The van der Waals surface area contributed by atoms with E-state index in [-0.39, 0.29) is 12.6 Å². The van der Waals surface area contributed by atoms with Gasteiger partial charge in [0.15, 0.2) is 17.4 Å². The molecule has 0 saturated carbocycles. The zero-order valence-corrected chi connectivity index (χ0v) is 15.4. The lowest BCUT2D eigenvalue weighted by Crippen LogP contribution is -2.24. The Bertz CT molecular complexity index is 908. The molecule has 0 saturated heterocycles. The van der Waals surface area contributed by atoms with Crippen molar-refractivity contribution in [2.75, 3.05) is 11.9 Å². The molecule has 3 rings (SSSR count). The van der Waals surface area contributed by atoms with Crippen LogP contribution < -0.4 is 10.1 Å². The number of nitrogens with zero attached hydrogens (tertiary/aromatic N) is 3. The van der Waals surface area contributed by atoms with Crippen molar-refractivity contribution >= 4 is 22.7 Å². The molecule has 1 aromatic carbocycles. The Balaban J connectivity index is 1.84. The van der Waals surface area contributed by atoms with Crippen LogP contribution in [0.25, 0.3) is 16.8 Å². The minimum Gasteiger partial charge on any atom is -0.482 e. The van der Waals surface area contributed by atoms with Crippen LogP contribution in [0.1, 0.15) is 31.3 Å². The Morgan fingerprint density at radius 3 is 2.89 bits per heavy atom. The van der Waals surface area contributed by atoms with Gasteiger partial charge in [0, 0.05) is 11.6 Å². The van der Waals surface area contributed by atoms with E-state index in [2.05, 4.69) is 33.8 Å². The summed E-state index contributed by atoms with van der Waals surface area (Å²) >= 11 is 0. The summed E-state index contributed by atoms with van der Waals surface area (Å²) < 4.78 is 5.99. The standard InChI is InChI=1S/C21H24N4O2/c1-3-7-16(13-26)24-21-19(12-23-20(4-2)25-21)27-14-18-17-9-6-5-8-15(17)10-11-22-18/h4-6,8-12,16,26H,2-3,7,13-14H2,1H3,(H,23,24,25)/t16-/m0/s1. The van der Waals surface area contributed by atoms with Crippen LogP contribution in [0.15, 0.2) is 49.3 Å². The molecule has 0 aliphatic carbocycles. The number of aromatic nitrogens is 3. The van der Waals surface area contributed by atoms with Crippen LogP contribution in [0.4, 0.5) is 5.82 Å². The maximum atomic E-state index is 9.59. The fourth-order valence-electron chi connectivity index (χ4n) is 2.89. The first-order valence-corrected chi connectivity index (χ1v) is 9.07. The number of aliphatic hydroxyl groups is 1. The van der Waals surface area contributed by atoms with E-state index < -0.39 is 0 Å². The topological polar surface area (TPSA) is 80.2 Å². The fraction of sp³-hybridized carbons (Fsp3) is 0.286. The second-order valence-corrected chi connectivity index (χ2v) is 6.23. The number of anilines is 1. The summed E-state index contributed by atoms with van der Waals surface area (Å²) in [5, 5.41) is 15.0. The van der Waals surface area contributed by atoms with Gasteiger partial charge < -0.3 is 15.2 Å². The zero-order chi connectivity index (χ0) is 19.1. The summed E-state index contributed by atoms with van der Waals surface area (Å²) in [5.74, 6) is 1.57. The molecule has 27 heavy (non-hydrogen) atoms. The first-order valence-electron chi connectivity index (χ1n) is 9.07. The number of hydrogen-bond donors (Lipinski definition) is 2. The van der Waals surface area contributed by atoms with Crippen LogP contribution in [0.3, 0.4) is 0 Å². The molecule has 6 heteroatoms. The maximum absolute atomic E-state index is 9.59. The summed E-state index contributed by atoms with van der Waals surface area (Å²) in [6.07, 6.45) is 6.76. The predicted octanol–water partition coefficient (Wildman–Crippen LogP) is 3.82. The Kier molecular flexibility index (Phi) is 6.33. The maximum Gasteiger partial charge on any atom is 0.180 e. The van der Waals surface area contributed by atoms with Crippen LogP contribution in [0.5, 0.6) is 5.75 Å². The molecule has 2 heterocycles. The number of fused-ring (bicyclic) bond motifs is 1. The van der Waals surface area contributed by atoms with Gasteiger partial charge in [0.1, 0.15) is 6.61 Å². The molecule has 0 fully saturated rings. The first kappa shape index (κ1) is 18.8. The Hall–Kier alpha value is -2.99. The van der Waals surface area contributed by atoms with Gasteiger partial charge in [0.05, 0.1) is 24.5 Å². The van der Waals surface area contributed by atoms with Crippen molar-refractivity contribution < 1.29 is 9.84 Å². The second kappa shape index (κ2) is 9.09. The van der Waals surface area contributed by atoms with E-state index in [0.29, 0.717) is 24.0 Å². The van der Waals surface area contributed by atoms with Crippen molar-refractivity contribution in [3.63, 3.8) is 0 Å². The van der Waals surface area contributed by atoms with Crippen molar-refractivity contribution in [1.82, 2.24) is 15.0 Å². The number of pyridine rings is 1. The molecular weight excluding hydrogens is 340 g/mol. The van der Waals surface area contributed by atoms with E-state index >= 15 is 0 Å². The van der Waals surface area contributed by atoms with Gasteiger partial charge in [-0.15, -0.1) is 0 Å². The van der Waals surface area contributed by atoms with Crippen LogP contribution in [-0.2, 0) is 6.61 Å². The second-order valence-electron chi connectivity index (χ2n) is 6.23. The van der Waals surface area contributed by atoms with E-state index in [1.807, 2.05) is 30.3 Å². The Morgan fingerprint density at radius 2 is 2.11 bits per heavy atom. The minimum absolute atomic E-state index is 0.0194. The van der Waals surface area contributed by atoms with E-state index in [1.165, 1.54) is 0 Å². The molecule has 0 amide bonds. The van der Waals surface area contributed by atoms with E-state index in [9.17, 15) is 5.11 Å². The van der Waals surface area contributed by atoms with Crippen molar-refractivity contribution in [3.8, 4) is 5.75 Å².